The number of aromatic nitrogens is 2. The summed E-state index contributed by atoms with van der Waals surface area (Å²) < 4.78 is 21.6. The van der Waals surface area contributed by atoms with Gasteiger partial charge in [-0.3, -0.25) is 9.62 Å². The van der Waals surface area contributed by atoms with E-state index in [9.17, 15) is 9.00 Å². The van der Waals surface area contributed by atoms with Gasteiger partial charge in [-0.05, 0) is 62.2 Å². The SMILES string of the molecule is C=S(C)(=O)Nc1ccn(C(=O)N2CCC3(CCCN3Cc3ccc(C)cc3N3CCOCC3)CC2)n1. The van der Waals surface area contributed by atoms with Gasteiger partial charge in [0, 0.05) is 72.2 Å². The van der Waals surface area contributed by atoms with E-state index in [4.69, 9.17) is 4.74 Å². The van der Waals surface area contributed by atoms with Gasteiger partial charge in [0.25, 0.3) is 0 Å². The highest BCUT2D eigenvalue weighted by molar-refractivity contribution is 8.00. The fraction of sp³-hybridized carbons (Fsp3) is 0.577. The van der Waals surface area contributed by atoms with Crippen LogP contribution >= 0.6 is 0 Å². The molecule has 196 valence electrons. The van der Waals surface area contributed by atoms with Crippen molar-refractivity contribution in [3.05, 3.63) is 41.6 Å². The zero-order valence-electron chi connectivity index (χ0n) is 21.4. The van der Waals surface area contributed by atoms with Gasteiger partial charge in [0.05, 0.1) is 13.2 Å². The van der Waals surface area contributed by atoms with Crippen LogP contribution in [0, 0.1) is 6.92 Å². The number of nitrogens with zero attached hydrogens (tertiary/aromatic N) is 5. The zero-order chi connectivity index (χ0) is 25.3. The van der Waals surface area contributed by atoms with Crippen molar-refractivity contribution in [3.8, 4) is 0 Å². The molecule has 4 heterocycles. The monoisotopic (exact) mass is 514 g/mol. The minimum Gasteiger partial charge on any atom is -0.378 e. The Kier molecular flexibility index (Phi) is 7.02. The molecule has 5 rings (SSSR count). The maximum atomic E-state index is 13.1. The minimum atomic E-state index is -2.44. The quantitative estimate of drug-likeness (QED) is 0.618. The van der Waals surface area contributed by atoms with E-state index in [2.05, 4.69) is 50.6 Å². The van der Waals surface area contributed by atoms with E-state index in [1.165, 1.54) is 40.6 Å². The maximum absolute atomic E-state index is 13.1. The van der Waals surface area contributed by atoms with Crippen molar-refractivity contribution in [2.45, 2.75) is 44.7 Å². The largest absolute Gasteiger partial charge is 0.378 e. The minimum absolute atomic E-state index is 0.137. The van der Waals surface area contributed by atoms with Crippen molar-refractivity contribution in [3.63, 3.8) is 0 Å². The van der Waals surface area contributed by atoms with Gasteiger partial charge in [0.15, 0.2) is 5.82 Å². The van der Waals surface area contributed by atoms with Crippen LogP contribution in [0.25, 0.3) is 0 Å². The van der Waals surface area contributed by atoms with Crippen LogP contribution < -0.4 is 9.62 Å². The van der Waals surface area contributed by atoms with Crippen molar-refractivity contribution in [1.29, 1.82) is 0 Å². The molecular weight excluding hydrogens is 476 g/mol. The standard InChI is InChI=1S/C26H38N6O3S/c1-21-5-6-22(23(19-21)29-15-17-35-18-16-29)20-31-11-4-8-26(31)9-13-30(14-10-26)25(33)32-12-7-24(27-32)28-36(2,3)34/h5-7,12,19H,2,4,8-11,13-18,20H2,1,3H3,(H,27,28,34). The average Bonchev–Trinajstić information content (AvgIpc) is 3.47. The first kappa shape index (κ1) is 25.1. The van der Waals surface area contributed by atoms with E-state index in [0.29, 0.717) is 18.9 Å². The van der Waals surface area contributed by atoms with Crippen LogP contribution in [0.15, 0.2) is 30.5 Å². The number of amides is 1. The number of anilines is 2. The van der Waals surface area contributed by atoms with Crippen molar-refractivity contribution in [2.75, 3.05) is 61.8 Å². The first-order chi connectivity index (χ1) is 17.2. The summed E-state index contributed by atoms with van der Waals surface area (Å²) in [6.45, 7) is 9.06. The van der Waals surface area contributed by atoms with Crippen LogP contribution in [0.1, 0.15) is 36.8 Å². The Morgan fingerprint density at radius 2 is 1.89 bits per heavy atom. The molecule has 1 spiro atoms. The average molecular weight is 515 g/mol. The van der Waals surface area contributed by atoms with E-state index < -0.39 is 9.71 Å². The number of carbonyl (C=O) groups excluding carboxylic acids is 1. The molecule has 9 nitrogen and oxygen atoms in total. The van der Waals surface area contributed by atoms with Crippen LogP contribution in [-0.2, 0) is 21.0 Å². The second-order valence-corrected chi connectivity index (χ2v) is 12.7. The first-order valence-corrected chi connectivity index (χ1v) is 15.0. The molecule has 10 heteroatoms. The molecular formula is C26H38N6O3S. The molecule has 0 saturated carbocycles. The molecule has 36 heavy (non-hydrogen) atoms. The molecule has 1 atom stereocenters. The Labute approximate surface area is 214 Å². The lowest BCUT2D eigenvalue weighted by Gasteiger charge is -2.45. The molecule has 3 fully saturated rings. The normalized spacial score (nSPS) is 22.1. The summed E-state index contributed by atoms with van der Waals surface area (Å²) in [5.41, 5.74) is 4.16. The molecule has 1 unspecified atom stereocenters. The number of benzene rings is 1. The second-order valence-electron chi connectivity index (χ2n) is 10.5. The molecule has 1 amide bonds. The van der Waals surface area contributed by atoms with Gasteiger partial charge in [-0.1, -0.05) is 12.1 Å². The van der Waals surface area contributed by atoms with Gasteiger partial charge >= 0.3 is 6.03 Å². The molecule has 0 aliphatic carbocycles. The molecule has 3 saturated heterocycles. The molecule has 3 aliphatic rings. The third kappa shape index (κ3) is 5.40. The van der Waals surface area contributed by atoms with Gasteiger partial charge in [-0.25, -0.2) is 9.00 Å². The van der Waals surface area contributed by atoms with Crippen LogP contribution in [0.5, 0.6) is 0 Å². The van der Waals surface area contributed by atoms with Crippen LogP contribution in [0.2, 0.25) is 0 Å². The summed E-state index contributed by atoms with van der Waals surface area (Å²) in [7, 11) is -2.44. The number of hydrogen-bond acceptors (Lipinski definition) is 6. The Morgan fingerprint density at radius 3 is 2.61 bits per heavy atom. The number of nitrogens with one attached hydrogen (secondary N) is 1. The molecule has 1 N–H and O–H groups in total. The Hall–Kier alpha value is -2.56. The highest BCUT2D eigenvalue weighted by Crippen LogP contribution is 2.40. The first-order valence-electron chi connectivity index (χ1n) is 12.8. The maximum Gasteiger partial charge on any atom is 0.344 e. The summed E-state index contributed by atoms with van der Waals surface area (Å²) >= 11 is 0. The third-order valence-corrected chi connectivity index (χ3v) is 8.41. The molecule has 1 aromatic heterocycles. The van der Waals surface area contributed by atoms with E-state index >= 15 is 0 Å². The summed E-state index contributed by atoms with van der Waals surface area (Å²) in [4.78, 5) is 20.1. The zero-order valence-corrected chi connectivity index (χ0v) is 22.3. The molecule has 0 bridgehead atoms. The number of carbonyl (C=O) groups is 1. The number of morpholine rings is 1. The third-order valence-electron chi connectivity index (χ3n) is 7.76. The number of aryl methyl sites for hydroxylation is 1. The topological polar surface area (TPSA) is 82.9 Å². The van der Waals surface area contributed by atoms with Gasteiger partial charge in [0.1, 0.15) is 0 Å². The molecule has 2 aromatic rings. The van der Waals surface area contributed by atoms with E-state index in [1.807, 2.05) is 4.90 Å². The number of hydrogen-bond donors (Lipinski definition) is 1. The highest BCUT2D eigenvalue weighted by Gasteiger charge is 2.44. The predicted octanol–water partition coefficient (Wildman–Crippen LogP) is 2.80. The lowest BCUT2D eigenvalue weighted by atomic mass is 9.84. The Bertz CT molecular complexity index is 1200. The van der Waals surface area contributed by atoms with Gasteiger partial charge < -0.3 is 14.5 Å². The van der Waals surface area contributed by atoms with E-state index in [0.717, 1.165) is 52.2 Å². The highest BCUT2D eigenvalue weighted by atomic mass is 32.2. The number of rotatable bonds is 5. The lowest BCUT2D eigenvalue weighted by molar-refractivity contribution is 0.0584. The smallest absolute Gasteiger partial charge is 0.344 e. The van der Waals surface area contributed by atoms with Crippen molar-refractivity contribution >= 4 is 33.1 Å². The summed E-state index contributed by atoms with van der Waals surface area (Å²) in [6.07, 6.45) is 7.43. The van der Waals surface area contributed by atoms with Crippen molar-refractivity contribution in [1.82, 2.24) is 19.6 Å². The van der Waals surface area contributed by atoms with Crippen molar-refractivity contribution < 1.29 is 13.7 Å². The Balaban J connectivity index is 1.25. The number of piperidine rings is 1. The summed E-state index contributed by atoms with van der Waals surface area (Å²) in [5, 5.41) is 4.26. The second kappa shape index (κ2) is 10.1. The van der Waals surface area contributed by atoms with Crippen molar-refractivity contribution in [2.24, 2.45) is 0 Å². The molecule has 0 radical (unpaired) electrons. The number of ether oxygens (including phenoxy) is 1. The van der Waals surface area contributed by atoms with Gasteiger partial charge in [-0.15, -0.1) is 5.10 Å². The summed E-state index contributed by atoms with van der Waals surface area (Å²) in [6, 6.07) is 8.37. The van der Waals surface area contributed by atoms with Crippen LogP contribution in [0.3, 0.4) is 0 Å². The number of likely N-dealkylation sites (tertiary alicyclic amines) is 2. The fourth-order valence-corrected chi connectivity index (χ4v) is 6.44. The summed E-state index contributed by atoms with van der Waals surface area (Å²) in [5.74, 6) is 3.98. The van der Waals surface area contributed by atoms with Crippen LogP contribution in [0.4, 0.5) is 16.3 Å². The fourth-order valence-electron chi connectivity index (χ4n) is 5.88. The predicted molar refractivity (Wildman–Crippen MR) is 145 cm³/mol. The van der Waals surface area contributed by atoms with E-state index in [1.54, 1.807) is 12.3 Å². The molecule has 1 aromatic carbocycles. The van der Waals surface area contributed by atoms with Gasteiger partial charge in [-0.2, -0.15) is 4.68 Å². The van der Waals surface area contributed by atoms with E-state index in [-0.39, 0.29) is 11.6 Å². The molecule has 3 aliphatic heterocycles. The lowest BCUT2D eigenvalue weighted by Crippen LogP contribution is -2.53. The van der Waals surface area contributed by atoms with Gasteiger partial charge in [0.2, 0.25) is 0 Å². The Morgan fingerprint density at radius 1 is 1.14 bits per heavy atom. The van der Waals surface area contributed by atoms with Crippen LogP contribution in [-0.4, -0.2) is 93.4 Å².